The van der Waals surface area contributed by atoms with Crippen LogP contribution in [-0.2, 0) is 0 Å². The van der Waals surface area contributed by atoms with Gasteiger partial charge in [-0.15, -0.1) is 11.3 Å². The normalized spacial score (nSPS) is 21.5. The summed E-state index contributed by atoms with van der Waals surface area (Å²) in [7, 11) is 0. The zero-order valence-electron chi connectivity index (χ0n) is 7.59. The van der Waals surface area contributed by atoms with E-state index in [1.807, 2.05) is 12.1 Å². The van der Waals surface area contributed by atoms with Gasteiger partial charge in [0.2, 0.25) is 0 Å². The van der Waals surface area contributed by atoms with Gasteiger partial charge in [0.05, 0.1) is 9.89 Å². The van der Waals surface area contributed by atoms with E-state index < -0.39 is 0 Å². The Balaban J connectivity index is 2.17. The van der Waals surface area contributed by atoms with Gasteiger partial charge in [-0.25, -0.2) is 0 Å². The van der Waals surface area contributed by atoms with Gasteiger partial charge in [-0.1, -0.05) is 6.92 Å². The molecule has 1 nitrogen and oxygen atoms in total. The van der Waals surface area contributed by atoms with Crippen LogP contribution in [0.2, 0.25) is 0 Å². The molecular formula is C10H13BrOS. The molecule has 1 saturated carbocycles. The van der Waals surface area contributed by atoms with Crippen LogP contribution in [0.1, 0.15) is 37.2 Å². The fraction of sp³-hybridized carbons (Fsp3) is 0.600. The molecule has 1 aliphatic rings. The molecule has 3 heteroatoms. The Morgan fingerprint density at radius 2 is 2.31 bits per heavy atom. The minimum Gasteiger partial charge on any atom is -0.387 e. The van der Waals surface area contributed by atoms with E-state index in [2.05, 4.69) is 22.9 Å². The van der Waals surface area contributed by atoms with Crippen LogP contribution in [0.25, 0.3) is 0 Å². The Bertz CT molecular complexity index is 304. The first kappa shape index (κ1) is 9.69. The summed E-state index contributed by atoms with van der Waals surface area (Å²) in [4.78, 5) is 1.10. The molecule has 0 saturated heterocycles. The third-order valence-electron chi connectivity index (χ3n) is 3.04. The predicted octanol–water partition coefficient (Wildman–Crippen LogP) is 3.73. The second-order valence-corrected chi connectivity index (χ2v) is 6.25. The quantitative estimate of drug-likeness (QED) is 0.878. The number of aliphatic hydroxyl groups excluding tert-OH is 1. The zero-order chi connectivity index (χ0) is 9.47. The molecule has 1 N–H and O–H groups in total. The Kier molecular flexibility index (Phi) is 2.51. The monoisotopic (exact) mass is 260 g/mol. The van der Waals surface area contributed by atoms with Crippen LogP contribution >= 0.6 is 27.3 Å². The number of halogens is 1. The second-order valence-electron chi connectivity index (χ2n) is 3.76. The molecule has 1 heterocycles. The molecular weight excluding hydrogens is 248 g/mol. The first-order valence-electron chi connectivity index (χ1n) is 4.61. The minimum atomic E-state index is -0.242. The number of hydrogen-bond donors (Lipinski definition) is 1. The highest BCUT2D eigenvalue weighted by Gasteiger charge is 2.48. The van der Waals surface area contributed by atoms with Crippen molar-refractivity contribution >= 4 is 27.3 Å². The first-order chi connectivity index (χ1) is 6.18. The van der Waals surface area contributed by atoms with E-state index in [-0.39, 0.29) is 11.5 Å². The summed E-state index contributed by atoms with van der Waals surface area (Å²) in [6.07, 6.45) is 3.21. The third kappa shape index (κ3) is 1.69. The lowest BCUT2D eigenvalue weighted by Crippen LogP contribution is -2.10. The van der Waals surface area contributed by atoms with Crippen LogP contribution in [0.15, 0.2) is 15.9 Å². The maximum atomic E-state index is 10.1. The highest BCUT2D eigenvalue weighted by Crippen LogP contribution is 2.58. The molecule has 0 amide bonds. The molecule has 1 atom stereocenters. The van der Waals surface area contributed by atoms with E-state index in [1.54, 1.807) is 11.3 Å². The Labute approximate surface area is 90.9 Å². The second kappa shape index (κ2) is 3.37. The highest BCUT2D eigenvalue weighted by molar-refractivity contribution is 9.11. The Morgan fingerprint density at radius 1 is 1.62 bits per heavy atom. The lowest BCUT2D eigenvalue weighted by Gasteiger charge is -2.18. The summed E-state index contributed by atoms with van der Waals surface area (Å²) in [5, 5.41) is 10.1. The van der Waals surface area contributed by atoms with Gasteiger partial charge in [-0.2, -0.15) is 0 Å². The van der Waals surface area contributed by atoms with Gasteiger partial charge in [0.25, 0.3) is 0 Å². The summed E-state index contributed by atoms with van der Waals surface area (Å²) >= 11 is 5.06. The van der Waals surface area contributed by atoms with Crippen LogP contribution in [-0.4, -0.2) is 5.11 Å². The molecule has 0 aliphatic heterocycles. The standard InChI is InChI=1S/C10H13BrOS/c1-2-10(5-6-10)9(12)7-3-4-8(11)13-7/h3-4,9,12H,2,5-6H2,1H3. The molecule has 1 aliphatic carbocycles. The van der Waals surface area contributed by atoms with Gasteiger partial charge >= 0.3 is 0 Å². The maximum absolute atomic E-state index is 10.1. The van der Waals surface area contributed by atoms with Crippen molar-refractivity contribution in [3.05, 3.63) is 20.8 Å². The Hall–Kier alpha value is 0.140. The van der Waals surface area contributed by atoms with Crippen LogP contribution in [0.4, 0.5) is 0 Å². The van der Waals surface area contributed by atoms with Crippen LogP contribution in [0.5, 0.6) is 0 Å². The van der Waals surface area contributed by atoms with E-state index in [4.69, 9.17) is 0 Å². The highest BCUT2D eigenvalue weighted by atomic mass is 79.9. The van der Waals surface area contributed by atoms with E-state index in [1.165, 1.54) is 12.8 Å². The summed E-state index contributed by atoms with van der Waals surface area (Å²) in [5.41, 5.74) is 0.213. The maximum Gasteiger partial charge on any atom is 0.0938 e. The summed E-state index contributed by atoms with van der Waals surface area (Å²) in [6.45, 7) is 2.17. The average Bonchev–Trinajstić information content (AvgIpc) is 2.82. The largest absolute Gasteiger partial charge is 0.387 e. The van der Waals surface area contributed by atoms with Crippen molar-refractivity contribution in [1.82, 2.24) is 0 Å². The topological polar surface area (TPSA) is 20.2 Å². The number of aliphatic hydroxyl groups is 1. The summed E-state index contributed by atoms with van der Waals surface area (Å²) in [5.74, 6) is 0. The molecule has 0 spiro atoms. The van der Waals surface area contributed by atoms with E-state index in [0.29, 0.717) is 0 Å². The van der Waals surface area contributed by atoms with Gasteiger partial charge in [-0.3, -0.25) is 0 Å². The van der Waals surface area contributed by atoms with E-state index in [0.717, 1.165) is 15.1 Å². The molecule has 1 aromatic rings. The molecule has 72 valence electrons. The van der Waals surface area contributed by atoms with Crippen LogP contribution < -0.4 is 0 Å². The Morgan fingerprint density at radius 3 is 2.69 bits per heavy atom. The van der Waals surface area contributed by atoms with Crippen molar-refractivity contribution < 1.29 is 5.11 Å². The molecule has 2 rings (SSSR count). The van der Waals surface area contributed by atoms with Gasteiger partial charge in [0.15, 0.2) is 0 Å². The lowest BCUT2D eigenvalue weighted by molar-refractivity contribution is 0.0935. The van der Waals surface area contributed by atoms with Crippen LogP contribution in [0, 0.1) is 5.41 Å². The van der Waals surface area contributed by atoms with Gasteiger partial charge in [-0.05, 0) is 47.3 Å². The van der Waals surface area contributed by atoms with Gasteiger partial charge in [0.1, 0.15) is 0 Å². The van der Waals surface area contributed by atoms with Crippen LogP contribution in [0.3, 0.4) is 0 Å². The molecule has 0 aromatic carbocycles. The fourth-order valence-electron chi connectivity index (χ4n) is 1.76. The van der Waals surface area contributed by atoms with Gasteiger partial charge < -0.3 is 5.11 Å². The molecule has 1 fully saturated rings. The summed E-state index contributed by atoms with van der Waals surface area (Å²) in [6, 6.07) is 4.03. The van der Waals surface area contributed by atoms with Crippen molar-refractivity contribution in [3.63, 3.8) is 0 Å². The summed E-state index contributed by atoms with van der Waals surface area (Å²) < 4.78 is 1.11. The smallest absolute Gasteiger partial charge is 0.0938 e. The lowest BCUT2D eigenvalue weighted by atomic mass is 9.95. The molecule has 13 heavy (non-hydrogen) atoms. The fourth-order valence-corrected chi connectivity index (χ4v) is 3.31. The van der Waals surface area contributed by atoms with E-state index >= 15 is 0 Å². The molecule has 1 aromatic heterocycles. The average molecular weight is 261 g/mol. The zero-order valence-corrected chi connectivity index (χ0v) is 9.99. The number of rotatable bonds is 3. The predicted molar refractivity (Wildman–Crippen MR) is 58.9 cm³/mol. The third-order valence-corrected chi connectivity index (χ3v) is 4.72. The molecule has 0 bridgehead atoms. The van der Waals surface area contributed by atoms with Crippen molar-refractivity contribution in [2.75, 3.05) is 0 Å². The first-order valence-corrected chi connectivity index (χ1v) is 6.22. The van der Waals surface area contributed by atoms with Crippen molar-refractivity contribution in [2.24, 2.45) is 5.41 Å². The SMILES string of the molecule is CCC1(C(O)c2ccc(Br)s2)CC1. The van der Waals surface area contributed by atoms with Crippen molar-refractivity contribution in [1.29, 1.82) is 0 Å². The molecule has 0 radical (unpaired) electrons. The minimum absolute atomic E-state index is 0.213. The van der Waals surface area contributed by atoms with Crippen molar-refractivity contribution in [3.8, 4) is 0 Å². The number of hydrogen-bond acceptors (Lipinski definition) is 2. The van der Waals surface area contributed by atoms with Crippen molar-refractivity contribution in [2.45, 2.75) is 32.3 Å². The molecule has 1 unspecified atom stereocenters. The number of thiophene rings is 1. The van der Waals surface area contributed by atoms with Gasteiger partial charge in [0, 0.05) is 10.3 Å². The van der Waals surface area contributed by atoms with E-state index in [9.17, 15) is 5.11 Å².